The van der Waals surface area contributed by atoms with Crippen molar-refractivity contribution in [2.24, 2.45) is 0 Å². The number of hydrogen-bond donors (Lipinski definition) is 2. The third-order valence-electron chi connectivity index (χ3n) is 2.42. The lowest BCUT2D eigenvalue weighted by Gasteiger charge is -2.24. The van der Waals surface area contributed by atoms with Crippen molar-refractivity contribution in [3.8, 4) is 0 Å². The van der Waals surface area contributed by atoms with E-state index < -0.39 is 12.1 Å². The summed E-state index contributed by atoms with van der Waals surface area (Å²) in [6.45, 7) is 5.66. The van der Waals surface area contributed by atoms with Crippen molar-refractivity contribution in [3.63, 3.8) is 0 Å². The highest BCUT2D eigenvalue weighted by molar-refractivity contribution is 5.88. The molecule has 1 rings (SSSR count). The molecule has 0 spiro atoms. The van der Waals surface area contributed by atoms with Crippen LogP contribution in [0.1, 0.15) is 27.2 Å². The zero-order chi connectivity index (χ0) is 11.6. The second kappa shape index (κ2) is 4.61. The van der Waals surface area contributed by atoms with Gasteiger partial charge in [0, 0.05) is 12.6 Å². The van der Waals surface area contributed by atoms with E-state index in [1.54, 1.807) is 6.92 Å². The second-order valence-electron chi connectivity index (χ2n) is 4.24. The topological polar surface area (TPSA) is 69.6 Å². The van der Waals surface area contributed by atoms with Crippen molar-refractivity contribution in [2.45, 2.75) is 45.4 Å². The number of hydrogen-bond acceptors (Lipinski definition) is 3. The average molecular weight is 214 g/mol. The lowest BCUT2D eigenvalue weighted by molar-refractivity contribution is -0.137. The number of carbonyl (C=O) groups excluding carboxylic acids is 2. The van der Waals surface area contributed by atoms with Crippen LogP contribution in [0.3, 0.4) is 0 Å². The van der Waals surface area contributed by atoms with Crippen LogP contribution in [-0.4, -0.2) is 46.6 Å². The Kier molecular flexibility index (Phi) is 3.68. The summed E-state index contributed by atoms with van der Waals surface area (Å²) in [6.07, 6.45) is -0.508. The van der Waals surface area contributed by atoms with Crippen molar-refractivity contribution in [3.05, 3.63) is 0 Å². The highest BCUT2D eigenvalue weighted by Gasteiger charge is 2.34. The SMILES string of the molecule is CC(C)NC(=O)C(C)N1CC(O)CC1=O. The third kappa shape index (κ3) is 2.92. The number of nitrogens with zero attached hydrogens (tertiary/aromatic N) is 1. The fourth-order valence-corrected chi connectivity index (χ4v) is 1.63. The fraction of sp³-hybridized carbons (Fsp3) is 0.800. The summed E-state index contributed by atoms with van der Waals surface area (Å²) in [5.74, 6) is -0.332. The zero-order valence-electron chi connectivity index (χ0n) is 9.36. The molecular formula is C10H18N2O3. The average Bonchev–Trinajstić information content (AvgIpc) is 2.42. The molecular weight excluding hydrogens is 196 g/mol. The van der Waals surface area contributed by atoms with Crippen molar-refractivity contribution < 1.29 is 14.7 Å². The van der Waals surface area contributed by atoms with Crippen molar-refractivity contribution in [1.82, 2.24) is 10.2 Å². The highest BCUT2D eigenvalue weighted by Crippen LogP contribution is 2.14. The summed E-state index contributed by atoms with van der Waals surface area (Å²) in [5.41, 5.74) is 0. The van der Waals surface area contributed by atoms with Gasteiger partial charge in [-0.15, -0.1) is 0 Å². The van der Waals surface area contributed by atoms with E-state index in [1.807, 2.05) is 13.8 Å². The third-order valence-corrected chi connectivity index (χ3v) is 2.42. The van der Waals surface area contributed by atoms with E-state index in [2.05, 4.69) is 5.32 Å². The summed E-state index contributed by atoms with van der Waals surface area (Å²) >= 11 is 0. The van der Waals surface area contributed by atoms with Crippen LogP contribution >= 0.6 is 0 Å². The van der Waals surface area contributed by atoms with E-state index in [0.717, 1.165) is 0 Å². The van der Waals surface area contributed by atoms with Crippen LogP contribution in [0.5, 0.6) is 0 Å². The standard InChI is InChI=1S/C10H18N2O3/c1-6(2)11-10(15)7(3)12-5-8(13)4-9(12)14/h6-8,13H,4-5H2,1-3H3,(H,11,15). The Balaban J connectivity index is 2.56. The summed E-state index contributed by atoms with van der Waals surface area (Å²) in [6, 6.07) is -0.445. The molecule has 0 aromatic carbocycles. The Morgan fingerprint density at radius 2 is 2.13 bits per heavy atom. The molecule has 0 aliphatic carbocycles. The van der Waals surface area contributed by atoms with Crippen molar-refractivity contribution in [2.75, 3.05) is 6.54 Å². The quantitative estimate of drug-likeness (QED) is 0.665. The molecule has 1 saturated heterocycles. The van der Waals surface area contributed by atoms with E-state index >= 15 is 0 Å². The van der Waals surface area contributed by atoms with Gasteiger partial charge >= 0.3 is 0 Å². The fourth-order valence-electron chi connectivity index (χ4n) is 1.63. The van der Waals surface area contributed by atoms with Gasteiger partial charge in [0.25, 0.3) is 0 Å². The Morgan fingerprint density at radius 1 is 1.53 bits per heavy atom. The maximum absolute atomic E-state index is 11.6. The summed E-state index contributed by atoms with van der Waals surface area (Å²) in [7, 11) is 0. The monoisotopic (exact) mass is 214 g/mol. The molecule has 2 atom stereocenters. The van der Waals surface area contributed by atoms with Crippen molar-refractivity contribution in [1.29, 1.82) is 0 Å². The minimum Gasteiger partial charge on any atom is -0.391 e. The van der Waals surface area contributed by atoms with Crippen LogP contribution in [0.15, 0.2) is 0 Å². The van der Waals surface area contributed by atoms with Crippen LogP contribution in [-0.2, 0) is 9.59 Å². The lowest BCUT2D eigenvalue weighted by atomic mass is 10.2. The van der Waals surface area contributed by atoms with Gasteiger partial charge in [-0.3, -0.25) is 9.59 Å². The van der Waals surface area contributed by atoms with Crippen LogP contribution in [0.2, 0.25) is 0 Å². The molecule has 1 aliphatic rings. The molecule has 15 heavy (non-hydrogen) atoms. The number of carbonyl (C=O) groups is 2. The van der Waals surface area contributed by atoms with E-state index in [9.17, 15) is 14.7 Å². The normalized spacial score (nSPS) is 23.4. The number of aliphatic hydroxyl groups excluding tert-OH is 1. The highest BCUT2D eigenvalue weighted by atomic mass is 16.3. The molecule has 1 aliphatic heterocycles. The molecule has 0 saturated carbocycles. The lowest BCUT2D eigenvalue weighted by Crippen LogP contribution is -2.47. The number of nitrogens with one attached hydrogen (secondary N) is 1. The van der Waals surface area contributed by atoms with Gasteiger partial charge in [-0.1, -0.05) is 0 Å². The van der Waals surface area contributed by atoms with Gasteiger partial charge in [0.15, 0.2) is 0 Å². The summed E-state index contributed by atoms with van der Waals surface area (Å²) in [4.78, 5) is 24.4. The first-order valence-corrected chi connectivity index (χ1v) is 5.19. The van der Waals surface area contributed by atoms with Gasteiger partial charge in [-0.25, -0.2) is 0 Å². The number of amides is 2. The summed E-state index contributed by atoms with van der Waals surface area (Å²) in [5, 5.41) is 12.0. The molecule has 0 radical (unpaired) electrons. The number of rotatable bonds is 3. The first-order valence-electron chi connectivity index (χ1n) is 5.19. The molecule has 2 amide bonds. The first kappa shape index (κ1) is 12.0. The Bertz CT molecular complexity index is 265. The molecule has 5 nitrogen and oxygen atoms in total. The molecule has 0 aromatic rings. The predicted octanol–water partition coefficient (Wildman–Crippen LogP) is -0.507. The van der Waals surface area contributed by atoms with E-state index in [4.69, 9.17) is 0 Å². The largest absolute Gasteiger partial charge is 0.391 e. The molecule has 86 valence electrons. The van der Waals surface area contributed by atoms with E-state index in [-0.39, 0.29) is 30.8 Å². The van der Waals surface area contributed by atoms with Crippen LogP contribution in [0.25, 0.3) is 0 Å². The first-order chi connectivity index (χ1) is 6.91. The minimum absolute atomic E-state index is 0.0579. The van der Waals surface area contributed by atoms with Crippen LogP contribution < -0.4 is 5.32 Å². The smallest absolute Gasteiger partial charge is 0.242 e. The van der Waals surface area contributed by atoms with E-state index in [1.165, 1.54) is 4.90 Å². The van der Waals surface area contributed by atoms with Gasteiger partial charge < -0.3 is 15.3 Å². The summed E-state index contributed by atoms with van der Waals surface area (Å²) < 4.78 is 0. The Hall–Kier alpha value is -1.10. The van der Waals surface area contributed by atoms with Gasteiger partial charge in [-0.2, -0.15) is 0 Å². The molecule has 1 heterocycles. The van der Waals surface area contributed by atoms with E-state index in [0.29, 0.717) is 0 Å². The Labute approximate surface area is 89.4 Å². The van der Waals surface area contributed by atoms with Crippen molar-refractivity contribution >= 4 is 11.8 Å². The number of aliphatic hydroxyl groups is 1. The molecule has 2 unspecified atom stereocenters. The van der Waals surface area contributed by atoms with Gasteiger partial charge in [-0.05, 0) is 20.8 Å². The molecule has 1 fully saturated rings. The maximum Gasteiger partial charge on any atom is 0.242 e. The predicted molar refractivity (Wildman–Crippen MR) is 55.1 cm³/mol. The molecule has 0 aromatic heterocycles. The number of β-amino-alcohol motifs (C(OH)–C–C–N with tert-alkyl or cyclic N) is 1. The van der Waals surface area contributed by atoms with Crippen LogP contribution in [0, 0.1) is 0 Å². The number of likely N-dealkylation sites (tertiary alicyclic amines) is 1. The minimum atomic E-state index is -0.633. The Morgan fingerprint density at radius 3 is 2.53 bits per heavy atom. The van der Waals surface area contributed by atoms with Gasteiger partial charge in [0.1, 0.15) is 6.04 Å². The second-order valence-corrected chi connectivity index (χ2v) is 4.24. The van der Waals surface area contributed by atoms with Gasteiger partial charge in [0.05, 0.1) is 12.5 Å². The van der Waals surface area contributed by atoms with Crippen LogP contribution in [0.4, 0.5) is 0 Å². The molecule has 2 N–H and O–H groups in total. The molecule has 0 bridgehead atoms. The van der Waals surface area contributed by atoms with Gasteiger partial charge in [0.2, 0.25) is 11.8 Å². The maximum atomic E-state index is 11.6. The molecule has 5 heteroatoms. The zero-order valence-corrected chi connectivity index (χ0v) is 9.36.